The summed E-state index contributed by atoms with van der Waals surface area (Å²) in [5, 5.41) is 11.8. The molecule has 1 aliphatic rings. The standard InChI is InChI=1S/C22H17FN8O4/c23-13-9-28-31-16(22(34)27-10-18-24-4-1-5-25-18)7-15(30-20(13)31)21(33)26-8-12-2-3-17-14(6-12)29-19(32)11-35-17/h1-7,9H,8,10-11H2,(H,26,33)(H,27,34)(H,29,32). The largest absolute Gasteiger partial charge is 0.482 e. The number of halogens is 1. The van der Waals surface area contributed by atoms with Gasteiger partial charge in [-0.25, -0.2) is 23.9 Å². The Labute approximate surface area is 196 Å². The van der Waals surface area contributed by atoms with Crippen LogP contribution in [0.3, 0.4) is 0 Å². The molecule has 0 atom stereocenters. The molecule has 0 saturated heterocycles. The van der Waals surface area contributed by atoms with Crippen LogP contribution >= 0.6 is 0 Å². The van der Waals surface area contributed by atoms with E-state index >= 15 is 0 Å². The molecule has 0 radical (unpaired) electrons. The zero-order valence-electron chi connectivity index (χ0n) is 18.0. The summed E-state index contributed by atoms with van der Waals surface area (Å²) in [6, 6.07) is 7.94. The summed E-state index contributed by atoms with van der Waals surface area (Å²) in [5.41, 5.74) is 0.643. The molecule has 3 amide bonds. The maximum atomic E-state index is 14.3. The number of amides is 3. The first-order valence-corrected chi connectivity index (χ1v) is 10.4. The molecule has 0 saturated carbocycles. The number of carbonyl (C=O) groups is 3. The molecular weight excluding hydrogens is 459 g/mol. The zero-order chi connectivity index (χ0) is 24.4. The van der Waals surface area contributed by atoms with Crippen LogP contribution in [0.5, 0.6) is 5.75 Å². The maximum absolute atomic E-state index is 14.3. The molecule has 35 heavy (non-hydrogen) atoms. The van der Waals surface area contributed by atoms with Crippen LogP contribution < -0.4 is 20.7 Å². The summed E-state index contributed by atoms with van der Waals surface area (Å²) in [6.07, 6.45) is 3.98. The molecular formula is C22H17FN8O4. The number of anilines is 1. The fraction of sp³-hybridized carbons (Fsp3) is 0.136. The van der Waals surface area contributed by atoms with Gasteiger partial charge in [0, 0.05) is 25.0 Å². The van der Waals surface area contributed by atoms with Gasteiger partial charge in [0.1, 0.15) is 23.0 Å². The average molecular weight is 476 g/mol. The van der Waals surface area contributed by atoms with Crippen LogP contribution in [0.15, 0.2) is 48.9 Å². The Morgan fingerprint density at radius 1 is 1.11 bits per heavy atom. The second-order valence-electron chi connectivity index (χ2n) is 7.45. The number of hydrogen-bond acceptors (Lipinski definition) is 8. The normalized spacial score (nSPS) is 12.4. The van der Waals surface area contributed by atoms with Crippen LogP contribution in [0.2, 0.25) is 0 Å². The molecule has 12 nitrogen and oxygen atoms in total. The summed E-state index contributed by atoms with van der Waals surface area (Å²) in [6.45, 7) is 0.0491. The molecule has 0 unspecified atom stereocenters. The average Bonchev–Trinajstić information content (AvgIpc) is 3.26. The highest BCUT2D eigenvalue weighted by molar-refractivity contribution is 5.98. The van der Waals surface area contributed by atoms with E-state index in [2.05, 4.69) is 36.0 Å². The number of ether oxygens (including phenoxy) is 1. The second-order valence-corrected chi connectivity index (χ2v) is 7.45. The fourth-order valence-electron chi connectivity index (χ4n) is 3.40. The Hall–Kier alpha value is -4.94. The molecule has 5 rings (SSSR count). The highest BCUT2D eigenvalue weighted by Crippen LogP contribution is 2.28. The SMILES string of the molecule is O=C1COc2ccc(CNC(=O)c3cc(C(=O)NCc4ncccn4)n4ncc(F)c4n3)cc2N1. The molecule has 1 aliphatic heterocycles. The van der Waals surface area contributed by atoms with Gasteiger partial charge in [-0.1, -0.05) is 6.07 Å². The lowest BCUT2D eigenvalue weighted by Gasteiger charge is -2.18. The first-order valence-electron chi connectivity index (χ1n) is 10.4. The Kier molecular flexibility index (Phi) is 5.71. The molecule has 0 bridgehead atoms. The summed E-state index contributed by atoms with van der Waals surface area (Å²) in [4.78, 5) is 49.2. The van der Waals surface area contributed by atoms with Gasteiger partial charge in [0.25, 0.3) is 17.7 Å². The van der Waals surface area contributed by atoms with Crippen LogP contribution in [-0.4, -0.2) is 48.9 Å². The van der Waals surface area contributed by atoms with E-state index in [4.69, 9.17) is 4.74 Å². The fourth-order valence-corrected chi connectivity index (χ4v) is 3.40. The lowest BCUT2D eigenvalue weighted by atomic mass is 10.1. The van der Waals surface area contributed by atoms with Crippen molar-refractivity contribution in [2.45, 2.75) is 13.1 Å². The lowest BCUT2D eigenvalue weighted by Crippen LogP contribution is -2.29. The van der Waals surface area contributed by atoms with Crippen molar-refractivity contribution in [1.82, 2.24) is 35.2 Å². The molecule has 13 heteroatoms. The topological polar surface area (TPSA) is 152 Å². The molecule has 176 valence electrons. The van der Waals surface area contributed by atoms with E-state index in [0.29, 0.717) is 22.8 Å². The molecule has 1 aromatic carbocycles. The van der Waals surface area contributed by atoms with Crippen LogP contribution in [0, 0.1) is 5.82 Å². The summed E-state index contributed by atoms with van der Waals surface area (Å²) >= 11 is 0. The van der Waals surface area contributed by atoms with Crippen molar-refractivity contribution in [3.8, 4) is 5.75 Å². The zero-order valence-corrected chi connectivity index (χ0v) is 18.0. The molecule has 0 spiro atoms. The van der Waals surface area contributed by atoms with Gasteiger partial charge in [-0.05, 0) is 23.8 Å². The van der Waals surface area contributed by atoms with Crippen LogP contribution in [0.25, 0.3) is 5.65 Å². The third-order valence-corrected chi connectivity index (χ3v) is 5.05. The Morgan fingerprint density at radius 3 is 2.74 bits per heavy atom. The van der Waals surface area contributed by atoms with Gasteiger partial charge < -0.3 is 20.7 Å². The minimum absolute atomic E-state index is 0.0212. The number of nitrogens with one attached hydrogen (secondary N) is 3. The van der Waals surface area contributed by atoms with Crippen LogP contribution in [0.1, 0.15) is 32.4 Å². The molecule has 4 aromatic rings. The molecule has 3 aromatic heterocycles. The molecule has 0 aliphatic carbocycles. The third kappa shape index (κ3) is 4.59. The number of fused-ring (bicyclic) bond motifs is 2. The first-order chi connectivity index (χ1) is 17.0. The van der Waals surface area contributed by atoms with Crippen molar-refractivity contribution in [3.63, 3.8) is 0 Å². The summed E-state index contributed by atoms with van der Waals surface area (Å²) in [7, 11) is 0. The monoisotopic (exact) mass is 476 g/mol. The quantitative estimate of drug-likeness (QED) is 0.370. The number of aromatic nitrogens is 5. The predicted molar refractivity (Wildman–Crippen MR) is 118 cm³/mol. The number of benzene rings is 1. The number of carbonyl (C=O) groups excluding carboxylic acids is 3. The van der Waals surface area contributed by atoms with E-state index in [1.54, 1.807) is 24.3 Å². The Bertz CT molecular complexity index is 1460. The van der Waals surface area contributed by atoms with Crippen LogP contribution in [0.4, 0.5) is 10.1 Å². The highest BCUT2D eigenvalue weighted by Gasteiger charge is 2.21. The van der Waals surface area contributed by atoms with Crippen molar-refractivity contribution in [3.05, 3.63) is 77.5 Å². The molecule has 4 heterocycles. The van der Waals surface area contributed by atoms with Crippen molar-refractivity contribution in [1.29, 1.82) is 0 Å². The number of nitrogens with zero attached hydrogens (tertiary/aromatic N) is 5. The van der Waals surface area contributed by atoms with Crippen molar-refractivity contribution in [2.75, 3.05) is 11.9 Å². The number of rotatable bonds is 6. The summed E-state index contributed by atoms with van der Waals surface area (Å²) < 4.78 is 20.6. The van der Waals surface area contributed by atoms with Gasteiger partial charge in [0.05, 0.1) is 18.4 Å². The van der Waals surface area contributed by atoms with E-state index in [1.807, 2.05) is 0 Å². The van der Waals surface area contributed by atoms with Gasteiger partial charge in [-0.2, -0.15) is 5.10 Å². The number of hydrogen-bond donors (Lipinski definition) is 3. The minimum atomic E-state index is -0.787. The van der Waals surface area contributed by atoms with E-state index in [9.17, 15) is 18.8 Å². The van der Waals surface area contributed by atoms with E-state index in [-0.39, 0.29) is 42.6 Å². The summed E-state index contributed by atoms with van der Waals surface area (Å²) in [5.74, 6) is -1.41. The van der Waals surface area contributed by atoms with E-state index in [1.165, 1.54) is 18.5 Å². The van der Waals surface area contributed by atoms with Crippen molar-refractivity contribution >= 4 is 29.1 Å². The van der Waals surface area contributed by atoms with Gasteiger partial charge in [-0.3, -0.25) is 14.4 Å². The maximum Gasteiger partial charge on any atom is 0.270 e. The minimum Gasteiger partial charge on any atom is -0.482 e. The van der Waals surface area contributed by atoms with E-state index in [0.717, 1.165) is 10.7 Å². The first kappa shape index (κ1) is 21.9. The highest BCUT2D eigenvalue weighted by atomic mass is 19.1. The molecule has 3 N–H and O–H groups in total. The van der Waals surface area contributed by atoms with Crippen LogP contribution in [-0.2, 0) is 17.9 Å². The Balaban J connectivity index is 1.34. The molecule has 0 fully saturated rings. The Morgan fingerprint density at radius 2 is 1.91 bits per heavy atom. The smallest absolute Gasteiger partial charge is 0.270 e. The third-order valence-electron chi connectivity index (χ3n) is 5.05. The van der Waals surface area contributed by atoms with Gasteiger partial charge in [0.2, 0.25) is 0 Å². The van der Waals surface area contributed by atoms with Crippen molar-refractivity contribution in [2.24, 2.45) is 0 Å². The van der Waals surface area contributed by atoms with Gasteiger partial charge in [-0.15, -0.1) is 0 Å². The lowest BCUT2D eigenvalue weighted by molar-refractivity contribution is -0.118. The van der Waals surface area contributed by atoms with Gasteiger partial charge in [0.15, 0.2) is 18.1 Å². The second kappa shape index (κ2) is 9.13. The van der Waals surface area contributed by atoms with Gasteiger partial charge >= 0.3 is 0 Å². The van der Waals surface area contributed by atoms with Crippen molar-refractivity contribution < 1.29 is 23.5 Å². The predicted octanol–water partition coefficient (Wildman–Crippen LogP) is 0.849. The van der Waals surface area contributed by atoms with E-state index < -0.39 is 17.6 Å².